The van der Waals surface area contributed by atoms with E-state index in [0.717, 1.165) is 50.0 Å². The van der Waals surface area contributed by atoms with Gasteiger partial charge in [-0.05, 0) is 74.2 Å². The smallest absolute Gasteiger partial charge is 0.251 e. The SMILES string of the molecule is COc1ccc(CN2CCC(CNC(=O)c3cc(S(C)(=O)=O)ccc3C)CC2)cc1. The van der Waals surface area contributed by atoms with Crippen molar-refractivity contribution < 1.29 is 17.9 Å². The van der Waals surface area contributed by atoms with Gasteiger partial charge in [0, 0.05) is 24.9 Å². The lowest BCUT2D eigenvalue weighted by Crippen LogP contribution is -2.38. The molecule has 162 valence electrons. The number of carbonyl (C=O) groups excluding carboxylic acids is 1. The summed E-state index contributed by atoms with van der Waals surface area (Å²) in [6.07, 6.45) is 3.21. The van der Waals surface area contributed by atoms with Crippen LogP contribution in [-0.4, -0.2) is 52.2 Å². The maximum absolute atomic E-state index is 12.6. The highest BCUT2D eigenvalue weighted by atomic mass is 32.2. The predicted octanol–water partition coefficient (Wildman–Crippen LogP) is 3.05. The number of hydrogen-bond acceptors (Lipinski definition) is 5. The monoisotopic (exact) mass is 430 g/mol. The highest BCUT2D eigenvalue weighted by molar-refractivity contribution is 7.90. The molecule has 0 radical (unpaired) electrons. The summed E-state index contributed by atoms with van der Waals surface area (Å²) < 4.78 is 28.8. The number of methoxy groups -OCH3 is 1. The molecule has 30 heavy (non-hydrogen) atoms. The summed E-state index contributed by atoms with van der Waals surface area (Å²) in [6, 6.07) is 12.9. The molecule has 1 amide bonds. The van der Waals surface area contributed by atoms with Crippen LogP contribution in [0.1, 0.15) is 34.3 Å². The van der Waals surface area contributed by atoms with Gasteiger partial charge in [0.1, 0.15) is 5.75 Å². The molecule has 0 unspecified atom stereocenters. The highest BCUT2D eigenvalue weighted by Crippen LogP contribution is 2.20. The van der Waals surface area contributed by atoms with E-state index < -0.39 is 9.84 Å². The van der Waals surface area contributed by atoms with Crippen molar-refractivity contribution in [3.63, 3.8) is 0 Å². The largest absolute Gasteiger partial charge is 0.497 e. The summed E-state index contributed by atoms with van der Waals surface area (Å²) in [7, 11) is -1.67. The summed E-state index contributed by atoms with van der Waals surface area (Å²) in [4.78, 5) is 15.2. The first-order valence-electron chi connectivity index (χ1n) is 10.2. The Bertz CT molecular complexity index is 979. The van der Waals surface area contributed by atoms with Crippen LogP contribution < -0.4 is 10.1 Å². The van der Waals surface area contributed by atoms with Crippen molar-refractivity contribution in [3.05, 3.63) is 59.2 Å². The molecule has 0 spiro atoms. The standard InChI is InChI=1S/C23H30N2O4S/c1-17-4-9-21(30(3,27)28)14-22(17)23(26)24-15-18-10-12-25(13-11-18)16-19-5-7-20(29-2)8-6-19/h4-9,14,18H,10-13,15-16H2,1-3H3,(H,24,26). The normalized spacial score (nSPS) is 15.7. The molecule has 1 saturated heterocycles. The molecular formula is C23H30N2O4S. The number of piperidine rings is 1. The van der Waals surface area contributed by atoms with Crippen molar-refractivity contribution >= 4 is 15.7 Å². The Hall–Kier alpha value is -2.38. The van der Waals surface area contributed by atoms with Crippen LogP contribution in [0.2, 0.25) is 0 Å². The Morgan fingerprint density at radius 2 is 1.80 bits per heavy atom. The minimum absolute atomic E-state index is 0.171. The zero-order valence-electron chi connectivity index (χ0n) is 17.8. The molecule has 1 fully saturated rings. The Labute approximate surface area is 179 Å². The molecule has 3 rings (SSSR count). The number of carbonyl (C=O) groups is 1. The van der Waals surface area contributed by atoms with Gasteiger partial charge in [0.15, 0.2) is 9.84 Å². The molecule has 0 aliphatic carbocycles. The first kappa shape index (κ1) is 22.3. The van der Waals surface area contributed by atoms with E-state index in [1.807, 2.05) is 19.1 Å². The van der Waals surface area contributed by atoms with E-state index in [4.69, 9.17) is 4.74 Å². The third-order valence-corrected chi connectivity index (χ3v) is 6.82. The summed E-state index contributed by atoms with van der Waals surface area (Å²) in [5.41, 5.74) is 2.47. The van der Waals surface area contributed by atoms with Crippen LogP contribution >= 0.6 is 0 Å². The lowest BCUT2D eigenvalue weighted by Gasteiger charge is -2.32. The topological polar surface area (TPSA) is 75.7 Å². The van der Waals surface area contributed by atoms with E-state index in [1.54, 1.807) is 19.2 Å². The van der Waals surface area contributed by atoms with Gasteiger partial charge in [-0.1, -0.05) is 18.2 Å². The molecule has 1 aliphatic heterocycles. The molecule has 0 atom stereocenters. The molecule has 1 N–H and O–H groups in total. The minimum atomic E-state index is -3.34. The summed E-state index contributed by atoms with van der Waals surface area (Å²) in [5, 5.41) is 3.00. The molecule has 6 nitrogen and oxygen atoms in total. The van der Waals surface area contributed by atoms with E-state index in [0.29, 0.717) is 18.0 Å². The number of ether oxygens (including phenoxy) is 1. The minimum Gasteiger partial charge on any atom is -0.497 e. The van der Waals surface area contributed by atoms with Gasteiger partial charge in [0.25, 0.3) is 5.91 Å². The van der Waals surface area contributed by atoms with E-state index in [9.17, 15) is 13.2 Å². The van der Waals surface area contributed by atoms with Crippen molar-refractivity contribution in [1.82, 2.24) is 10.2 Å². The van der Waals surface area contributed by atoms with Gasteiger partial charge in [0.2, 0.25) is 0 Å². The van der Waals surface area contributed by atoms with Crippen LogP contribution in [0.5, 0.6) is 5.75 Å². The van der Waals surface area contributed by atoms with Crippen molar-refractivity contribution in [2.75, 3.05) is 33.0 Å². The second-order valence-corrected chi connectivity index (χ2v) is 10.0. The van der Waals surface area contributed by atoms with Gasteiger partial charge in [-0.25, -0.2) is 8.42 Å². The fraction of sp³-hybridized carbons (Fsp3) is 0.435. The second-order valence-electron chi connectivity index (χ2n) is 8.03. The number of benzene rings is 2. The number of nitrogens with one attached hydrogen (secondary N) is 1. The molecule has 0 aromatic heterocycles. The van der Waals surface area contributed by atoms with Crippen molar-refractivity contribution in [1.29, 1.82) is 0 Å². The first-order chi connectivity index (χ1) is 14.3. The van der Waals surface area contributed by atoms with Crippen LogP contribution in [0, 0.1) is 12.8 Å². The Morgan fingerprint density at radius 1 is 1.13 bits per heavy atom. The van der Waals surface area contributed by atoms with E-state index in [2.05, 4.69) is 22.3 Å². The summed E-state index contributed by atoms with van der Waals surface area (Å²) in [6.45, 7) is 5.33. The van der Waals surface area contributed by atoms with E-state index in [-0.39, 0.29) is 10.8 Å². The molecule has 1 heterocycles. The predicted molar refractivity (Wildman–Crippen MR) is 118 cm³/mol. The van der Waals surface area contributed by atoms with Crippen LogP contribution in [0.25, 0.3) is 0 Å². The lowest BCUT2D eigenvalue weighted by molar-refractivity contribution is 0.0934. The van der Waals surface area contributed by atoms with Crippen LogP contribution in [-0.2, 0) is 16.4 Å². The number of amides is 1. The molecular weight excluding hydrogens is 400 g/mol. The molecule has 0 saturated carbocycles. The first-order valence-corrected chi connectivity index (χ1v) is 12.1. The van der Waals surface area contributed by atoms with Crippen molar-refractivity contribution in [2.45, 2.75) is 31.2 Å². The number of likely N-dealkylation sites (tertiary alicyclic amines) is 1. The molecule has 2 aromatic rings. The Balaban J connectivity index is 1.49. The van der Waals surface area contributed by atoms with Gasteiger partial charge < -0.3 is 10.1 Å². The van der Waals surface area contributed by atoms with E-state index >= 15 is 0 Å². The van der Waals surface area contributed by atoms with Crippen molar-refractivity contribution in [3.8, 4) is 5.75 Å². The summed E-state index contributed by atoms with van der Waals surface area (Å²) >= 11 is 0. The highest BCUT2D eigenvalue weighted by Gasteiger charge is 2.21. The zero-order valence-corrected chi connectivity index (χ0v) is 18.7. The molecule has 7 heteroatoms. The average molecular weight is 431 g/mol. The van der Waals surface area contributed by atoms with Crippen LogP contribution in [0.4, 0.5) is 0 Å². The number of hydrogen-bond donors (Lipinski definition) is 1. The van der Waals surface area contributed by atoms with Crippen molar-refractivity contribution in [2.24, 2.45) is 5.92 Å². The van der Waals surface area contributed by atoms with Crippen LogP contribution in [0.15, 0.2) is 47.4 Å². The van der Waals surface area contributed by atoms with Gasteiger partial charge in [-0.15, -0.1) is 0 Å². The number of nitrogens with zero attached hydrogens (tertiary/aromatic N) is 1. The lowest BCUT2D eigenvalue weighted by atomic mass is 9.96. The number of sulfone groups is 1. The molecule has 1 aliphatic rings. The maximum Gasteiger partial charge on any atom is 0.251 e. The van der Waals surface area contributed by atoms with Gasteiger partial charge in [0.05, 0.1) is 12.0 Å². The number of aryl methyl sites for hydroxylation is 1. The molecule has 0 bridgehead atoms. The Kier molecular flexibility index (Phi) is 7.15. The average Bonchev–Trinajstić information content (AvgIpc) is 2.73. The van der Waals surface area contributed by atoms with Crippen LogP contribution in [0.3, 0.4) is 0 Å². The quantitative estimate of drug-likeness (QED) is 0.731. The second kappa shape index (κ2) is 9.62. The summed E-state index contributed by atoms with van der Waals surface area (Å²) in [5.74, 6) is 1.09. The Morgan fingerprint density at radius 3 is 2.40 bits per heavy atom. The fourth-order valence-electron chi connectivity index (χ4n) is 3.75. The van der Waals surface area contributed by atoms with Gasteiger partial charge in [-0.3, -0.25) is 9.69 Å². The van der Waals surface area contributed by atoms with E-state index in [1.165, 1.54) is 11.6 Å². The molecule has 2 aromatic carbocycles. The third-order valence-electron chi connectivity index (χ3n) is 5.71. The van der Waals surface area contributed by atoms with Gasteiger partial charge >= 0.3 is 0 Å². The third kappa shape index (κ3) is 5.83. The maximum atomic E-state index is 12.6. The number of rotatable bonds is 7. The zero-order chi connectivity index (χ0) is 21.7. The fourth-order valence-corrected chi connectivity index (χ4v) is 4.39. The van der Waals surface area contributed by atoms with Gasteiger partial charge in [-0.2, -0.15) is 0 Å².